The molecule has 3 aliphatic heterocycles. The second-order valence-corrected chi connectivity index (χ2v) is 7.35. The molecule has 3 saturated heterocycles. The average molecular weight is 295 g/mol. The summed E-state index contributed by atoms with van der Waals surface area (Å²) in [4.78, 5) is 7.92. The molecular weight excluding hydrogens is 262 g/mol. The number of nitrogens with two attached hydrogens (primary N) is 1. The van der Waals surface area contributed by atoms with Crippen LogP contribution < -0.4 is 5.84 Å². The number of nitrogens with zero attached hydrogens (tertiary/aromatic N) is 4. The van der Waals surface area contributed by atoms with Crippen LogP contribution in [0.1, 0.15) is 25.7 Å². The quantitative estimate of drug-likeness (QED) is 0.758. The van der Waals surface area contributed by atoms with Crippen LogP contribution in [0.25, 0.3) is 0 Å². The zero-order valence-electron chi connectivity index (χ0n) is 13.7. The summed E-state index contributed by atoms with van der Waals surface area (Å²) in [5.74, 6) is 6.72. The summed E-state index contributed by atoms with van der Waals surface area (Å²) in [5.41, 5.74) is 0. The Morgan fingerprint density at radius 2 is 1.43 bits per heavy atom. The first-order chi connectivity index (χ1) is 10.2. The molecule has 3 aliphatic rings. The van der Waals surface area contributed by atoms with Gasteiger partial charge in [0.05, 0.1) is 0 Å². The van der Waals surface area contributed by atoms with Crippen LogP contribution in [0.4, 0.5) is 0 Å². The predicted molar refractivity (Wildman–Crippen MR) is 87.0 cm³/mol. The Hall–Kier alpha value is -0.200. The van der Waals surface area contributed by atoms with E-state index in [4.69, 9.17) is 5.84 Å². The molecule has 5 nitrogen and oxygen atoms in total. The molecule has 3 heterocycles. The monoisotopic (exact) mass is 295 g/mol. The van der Waals surface area contributed by atoms with Gasteiger partial charge in [-0.1, -0.05) is 0 Å². The van der Waals surface area contributed by atoms with Gasteiger partial charge < -0.3 is 9.80 Å². The highest BCUT2D eigenvalue weighted by Crippen LogP contribution is 2.20. The van der Waals surface area contributed by atoms with Gasteiger partial charge in [-0.05, 0) is 51.7 Å². The average Bonchev–Trinajstić information content (AvgIpc) is 2.51. The van der Waals surface area contributed by atoms with Crippen molar-refractivity contribution in [3.05, 3.63) is 0 Å². The Morgan fingerprint density at radius 1 is 0.810 bits per heavy atom. The third kappa shape index (κ3) is 4.39. The van der Waals surface area contributed by atoms with E-state index in [1.165, 1.54) is 71.5 Å². The maximum atomic E-state index is 5.85. The Bertz CT molecular complexity index is 300. The van der Waals surface area contributed by atoms with Gasteiger partial charge in [0.1, 0.15) is 0 Å². The number of rotatable bonds is 3. The van der Waals surface area contributed by atoms with Gasteiger partial charge in [0.2, 0.25) is 0 Å². The molecule has 2 N–H and O–H groups in total. The molecule has 0 saturated carbocycles. The van der Waals surface area contributed by atoms with E-state index in [0.717, 1.165) is 25.0 Å². The number of hydrogen-bond acceptors (Lipinski definition) is 5. The molecule has 0 unspecified atom stereocenters. The number of likely N-dealkylation sites (tertiary alicyclic amines) is 1. The van der Waals surface area contributed by atoms with Gasteiger partial charge in [0, 0.05) is 51.9 Å². The first-order valence-corrected chi connectivity index (χ1v) is 8.85. The number of hydrazine groups is 1. The molecule has 0 amide bonds. The normalized spacial score (nSPS) is 30.0. The second-order valence-electron chi connectivity index (χ2n) is 7.35. The minimum Gasteiger partial charge on any atom is -0.306 e. The molecule has 0 atom stereocenters. The predicted octanol–water partition coefficient (Wildman–Crippen LogP) is 0.284. The third-order valence-corrected chi connectivity index (χ3v) is 5.78. The summed E-state index contributed by atoms with van der Waals surface area (Å²) < 4.78 is 0. The van der Waals surface area contributed by atoms with Gasteiger partial charge >= 0.3 is 0 Å². The lowest BCUT2D eigenvalue weighted by molar-refractivity contribution is 0.0515. The summed E-state index contributed by atoms with van der Waals surface area (Å²) in [5, 5.41) is 1.98. The maximum Gasteiger partial charge on any atom is 0.0131 e. The molecular formula is C16H33N5. The van der Waals surface area contributed by atoms with Gasteiger partial charge in [-0.2, -0.15) is 0 Å². The van der Waals surface area contributed by atoms with E-state index in [2.05, 4.69) is 21.7 Å². The molecule has 3 rings (SSSR count). The van der Waals surface area contributed by atoms with Crippen LogP contribution in [0.2, 0.25) is 0 Å². The summed E-state index contributed by atoms with van der Waals surface area (Å²) in [6.07, 6.45) is 5.30. The Balaban J connectivity index is 1.37. The minimum absolute atomic E-state index is 0.851. The van der Waals surface area contributed by atoms with Crippen molar-refractivity contribution in [1.82, 2.24) is 19.7 Å². The third-order valence-electron chi connectivity index (χ3n) is 5.78. The molecule has 0 aromatic heterocycles. The first kappa shape index (κ1) is 15.7. The first-order valence-electron chi connectivity index (χ1n) is 8.85. The van der Waals surface area contributed by atoms with Crippen LogP contribution in [-0.2, 0) is 0 Å². The van der Waals surface area contributed by atoms with Crippen molar-refractivity contribution in [2.24, 2.45) is 11.8 Å². The van der Waals surface area contributed by atoms with Crippen molar-refractivity contribution < 1.29 is 0 Å². The Kier molecular flexibility index (Phi) is 5.51. The lowest BCUT2D eigenvalue weighted by atomic mass is 9.96. The minimum atomic E-state index is 0.851. The number of piperazine rings is 1. The van der Waals surface area contributed by atoms with Gasteiger partial charge in [-0.25, -0.2) is 5.01 Å². The zero-order valence-corrected chi connectivity index (χ0v) is 13.7. The zero-order chi connectivity index (χ0) is 14.7. The molecule has 3 fully saturated rings. The van der Waals surface area contributed by atoms with Crippen LogP contribution in [0.15, 0.2) is 0 Å². The Labute approximate surface area is 130 Å². The fourth-order valence-electron chi connectivity index (χ4n) is 4.17. The van der Waals surface area contributed by atoms with Crippen molar-refractivity contribution in [3.63, 3.8) is 0 Å². The number of piperidine rings is 2. The highest BCUT2D eigenvalue weighted by Gasteiger charge is 2.27. The smallest absolute Gasteiger partial charge is 0.0131 e. The largest absolute Gasteiger partial charge is 0.306 e. The molecule has 21 heavy (non-hydrogen) atoms. The molecule has 0 aromatic carbocycles. The fraction of sp³-hybridized carbons (Fsp3) is 1.00. The topological polar surface area (TPSA) is 39.0 Å². The van der Waals surface area contributed by atoms with Gasteiger partial charge in [-0.15, -0.1) is 0 Å². The van der Waals surface area contributed by atoms with E-state index in [0.29, 0.717) is 0 Å². The van der Waals surface area contributed by atoms with Gasteiger partial charge in [0.15, 0.2) is 0 Å². The van der Waals surface area contributed by atoms with E-state index < -0.39 is 0 Å². The lowest BCUT2D eigenvalue weighted by Gasteiger charge is -2.43. The van der Waals surface area contributed by atoms with Crippen LogP contribution in [0, 0.1) is 5.92 Å². The van der Waals surface area contributed by atoms with E-state index >= 15 is 0 Å². The SMILES string of the molecule is CN1CCC(N2CCN(CC3CCN(N)CC3)CC2)CC1. The standard InChI is InChI=1S/C16H33N5/c1-18-6-4-16(5-7-18)20-12-10-19(11-13-20)14-15-2-8-21(17)9-3-15/h15-16H,2-14,17H2,1H3. The molecule has 0 aromatic rings. The molecule has 0 radical (unpaired) electrons. The van der Waals surface area contributed by atoms with Crippen molar-refractivity contribution in [2.75, 3.05) is 66.0 Å². The van der Waals surface area contributed by atoms with E-state index in [9.17, 15) is 0 Å². The van der Waals surface area contributed by atoms with Crippen molar-refractivity contribution in [2.45, 2.75) is 31.7 Å². The summed E-state index contributed by atoms with van der Waals surface area (Å²) in [6, 6.07) is 0.851. The van der Waals surface area contributed by atoms with Crippen LogP contribution in [0.5, 0.6) is 0 Å². The van der Waals surface area contributed by atoms with E-state index in [1.807, 2.05) is 5.01 Å². The molecule has 5 heteroatoms. The van der Waals surface area contributed by atoms with E-state index in [1.54, 1.807) is 0 Å². The van der Waals surface area contributed by atoms with Crippen molar-refractivity contribution >= 4 is 0 Å². The molecule has 122 valence electrons. The maximum absolute atomic E-state index is 5.85. The summed E-state index contributed by atoms with van der Waals surface area (Å²) in [6.45, 7) is 11.1. The Morgan fingerprint density at radius 3 is 2.05 bits per heavy atom. The summed E-state index contributed by atoms with van der Waals surface area (Å²) in [7, 11) is 2.25. The van der Waals surface area contributed by atoms with Crippen LogP contribution in [0.3, 0.4) is 0 Å². The van der Waals surface area contributed by atoms with Gasteiger partial charge in [-0.3, -0.25) is 10.7 Å². The van der Waals surface area contributed by atoms with Gasteiger partial charge in [0.25, 0.3) is 0 Å². The highest BCUT2D eigenvalue weighted by atomic mass is 15.4. The highest BCUT2D eigenvalue weighted by molar-refractivity contribution is 4.83. The van der Waals surface area contributed by atoms with Crippen LogP contribution >= 0.6 is 0 Å². The second kappa shape index (κ2) is 7.38. The molecule has 0 aliphatic carbocycles. The fourth-order valence-corrected chi connectivity index (χ4v) is 4.17. The van der Waals surface area contributed by atoms with E-state index in [-0.39, 0.29) is 0 Å². The van der Waals surface area contributed by atoms with Crippen LogP contribution in [-0.4, -0.2) is 91.7 Å². The number of hydrogen-bond donors (Lipinski definition) is 1. The lowest BCUT2D eigenvalue weighted by Crippen LogP contribution is -2.54. The molecule has 0 bridgehead atoms. The summed E-state index contributed by atoms with van der Waals surface area (Å²) >= 11 is 0. The van der Waals surface area contributed by atoms with Crippen molar-refractivity contribution in [1.29, 1.82) is 0 Å². The molecule has 0 spiro atoms. The van der Waals surface area contributed by atoms with Crippen molar-refractivity contribution in [3.8, 4) is 0 Å².